The number of nitrogens with zero attached hydrogens (tertiary/aromatic N) is 3. The highest BCUT2D eigenvalue weighted by molar-refractivity contribution is 7.98. The van der Waals surface area contributed by atoms with Gasteiger partial charge in [-0.2, -0.15) is 26.7 Å². The van der Waals surface area contributed by atoms with E-state index in [4.69, 9.17) is 4.74 Å². The van der Waals surface area contributed by atoms with E-state index in [1.54, 1.807) is 18.8 Å². The highest BCUT2D eigenvalue weighted by Crippen LogP contribution is 2.14. The summed E-state index contributed by atoms with van der Waals surface area (Å²) in [5.41, 5.74) is 0. The Morgan fingerprint density at radius 1 is 1.21 bits per heavy atom. The Kier molecular flexibility index (Phi) is 7.32. The van der Waals surface area contributed by atoms with Crippen LogP contribution in [0.3, 0.4) is 0 Å². The largest absolute Gasteiger partial charge is 0.463 e. The molecule has 2 N–H and O–H groups in total. The normalized spacial score (nSPS) is 12.0. The maximum atomic E-state index is 5.47. The first-order chi connectivity index (χ1) is 9.23. The lowest BCUT2D eigenvalue weighted by atomic mass is 10.3. The topological polar surface area (TPSA) is 72.0 Å². The zero-order chi connectivity index (χ0) is 14.1. The molecule has 0 saturated carbocycles. The van der Waals surface area contributed by atoms with Crippen LogP contribution in [-0.2, 0) is 0 Å². The van der Waals surface area contributed by atoms with Gasteiger partial charge >= 0.3 is 6.01 Å². The standard InChI is InChI=1S/C12H23N5OS/c1-5-7-18-12-16-10(13-3)15-11(17-12)14-9(6-2)8-19-4/h9H,5-8H2,1-4H3,(H2,13,14,15,16,17). The van der Waals surface area contributed by atoms with Crippen LogP contribution in [0.2, 0.25) is 0 Å². The molecule has 0 aromatic carbocycles. The Balaban J connectivity index is 2.80. The fraction of sp³-hybridized carbons (Fsp3) is 0.750. The van der Waals surface area contributed by atoms with E-state index in [1.165, 1.54) is 0 Å². The Morgan fingerprint density at radius 3 is 2.53 bits per heavy atom. The van der Waals surface area contributed by atoms with Gasteiger partial charge in [0.15, 0.2) is 0 Å². The van der Waals surface area contributed by atoms with Gasteiger partial charge in [-0.05, 0) is 19.1 Å². The average molecular weight is 285 g/mol. The predicted octanol–water partition coefficient (Wildman–Crippen LogP) is 2.26. The van der Waals surface area contributed by atoms with Crippen molar-refractivity contribution in [2.45, 2.75) is 32.7 Å². The van der Waals surface area contributed by atoms with Crippen LogP contribution in [0.1, 0.15) is 26.7 Å². The van der Waals surface area contributed by atoms with Crippen molar-refractivity contribution in [1.82, 2.24) is 15.0 Å². The summed E-state index contributed by atoms with van der Waals surface area (Å²) < 4.78 is 5.47. The van der Waals surface area contributed by atoms with Gasteiger partial charge in [0.25, 0.3) is 0 Å². The minimum absolute atomic E-state index is 0.348. The van der Waals surface area contributed by atoms with Crippen LogP contribution in [-0.4, -0.2) is 46.7 Å². The molecule has 1 heterocycles. The van der Waals surface area contributed by atoms with Crippen LogP contribution in [0, 0.1) is 0 Å². The molecule has 6 nitrogen and oxygen atoms in total. The lowest BCUT2D eigenvalue weighted by Gasteiger charge is -2.16. The molecule has 0 bridgehead atoms. The number of thioether (sulfide) groups is 1. The van der Waals surface area contributed by atoms with Crippen LogP contribution in [0.25, 0.3) is 0 Å². The molecule has 1 atom stereocenters. The molecule has 0 amide bonds. The molecular formula is C12H23N5OS. The van der Waals surface area contributed by atoms with E-state index in [9.17, 15) is 0 Å². The molecule has 1 aromatic heterocycles. The third kappa shape index (κ3) is 5.50. The predicted molar refractivity (Wildman–Crippen MR) is 81.2 cm³/mol. The van der Waals surface area contributed by atoms with Gasteiger partial charge < -0.3 is 15.4 Å². The number of rotatable bonds is 9. The van der Waals surface area contributed by atoms with Gasteiger partial charge in [0.05, 0.1) is 6.61 Å². The van der Waals surface area contributed by atoms with Crippen molar-refractivity contribution < 1.29 is 4.74 Å². The Labute approximate surface area is 119 Å². The Hall–Kier alpha value is -1.24. The van der Waals surface area contributed by atoms with E-state index in [0.29, 0.717) is 30.6 Å². The highest BCUT2D eigenvalue weighted by Gasteiger charge is 2.11. The lowest BCUT2D eigenvalue weighted by molar-refractivity contribution is 0.292. The molecule has 0 radical (unpaired) electrons. The molecule has 0 saturated heterocycles. The number of hydrogen-bond donors (Lipinski definition) is 2. The van der Waals surface area contributed by atoms with E-state index in [2.05, 4.69) is 38.8 Å². The Bertz CT molecular complexity index is 377. The second-order valence-corrected chi connectivity index (χ2v) is 4.98. The summed E-state index contributed by atoms with van der Waals surface area (Å²) in [5.74, 6) is 2.09. The van der Waals surface area contributed by atoms with E-state index in [0.717, 1.165) is 18.6 Å². The number of hydrogen-bond acceptors (Lipinski definition) is 7. The van der Waals surface area contributed by atoms with E-state index in [-0.39, 0.29) is 0 Å². The van der Waals surface area contributed by atoms with Crippen LogP contribution in [0.5, 0.6) is 6.01 Å². The fourth-order valence-corrected chi connectivity index (χ4v) is 2.16. The van der Waals surface area contributed by atoms with Crippen LogP contribution in [0.15, 0.2) is 0 Å². The van der Waals surface area contributed by atoms with Crippen LogP contribution >= 0.6 is 11.8 Å². The molecule has 0 aliphatic heterocycles. The SMILES string of the molecule is CCCOc1nc(NC)nc(NC(CC)CSC)n1. The van der Waals surface area contributed by atoms with Gasteiger partial charge in [-0.15, -0.1) is 0 Å². The summed E-state index contributed by atoms with van der Waals surface area (Å²) in [4.78, 5) is 12.7. The molecule has 108 valence electrons. The summed E-state index contributed by atoms with van der Waals surface area (Å²) in [6, 6.07) is 0.712. The first kappa shape index (κ1) is 15.8. The van der Waals surface area contributed by atoms with Gasteiger partial charge in [-0.3, -0.25) is 0 Å². The number of ether oxygens (including phenoxy) is 1. The number of nitrogens with one attached hydrogen (secondary N) is 2. The summed E-state index contributed by atoms with van der Waals surface area (Å²) in [5, 5.41) is 6.24. The minimum atomic E-state index is 0.348. The van der Waals surface area contributed by atoms with Gasteiger partial charge in [-0.25, -0.2) is 0 Å². The summed E-state index contributed by atoms with van der Waals surface area (Å²) in [6.45, 7) is 4.79. The van der Waals surface area contributed by atoms with E-state index < -0.39 is 0 Å². The molecule has 1 rings (SSSR count). The molecule has 1 aromatic rings. The van der Waals surface area contributed by atoms with Crippen molar-refractivity contribution in [3.05, 3.63) is 0 Å². The zero-order valence-electron chi connectivity index (χ0n) is 12.1. The summed E-state index contributed by atoms with van der Waals surface area (Å²) in [6.07, 6.45) is 4.03. The molecule has 7 heteroatoms. The molecule has 0 fully saturated rings. The monoisotopic (exact) mass is 285 g/mol. The van der Waals surface area contributed by atoms with E-state index in [1.807, 2.05) is 6.92 Å². The van der Waals surface area contributed by atoms with Gasteiger partial charge in [0.1, 0.15) is 0 Å². The molecular weight excluding hydrogens is 262 g/mol. The summed E-state index contributed by atoms with van der Waals surface area (Å²) in [7, 11) is 1.78. The van der Waals surface area contributed by atoms with E-state index >= 15 is 0 Å². The first-order valence-corrected chi connectivity index (χ1v) is 7.94. The number of anilines is 2. The molecule has 0 aliphatic carbocycles. The van der Waals surface area contributed by atoms with Crippen molar-refractivity contribution in [3.8, 4) is 6.01 Å². The average Bonchev–Trinajstić information content (AvgIpc) is 2.44. The van der Waals surface area contributed by atoms with Gasteiger partial charge in [0.2, 0.25) is 11.9 Å². The minimum Gasteiger partial charge on any atom is -0.463 e. The fourth-order valence-electron chi connectivity index (χ4n) is 1.44. The third-order valence-corrected chi connectivity index (χ3v) is 3.20. The molecule has 0 aliphatic rings. The molecule has 1 unspecified atom stereocenters. The van der Waals surface area contributed by atoms with Crippen molar-refractivity contribution in [2.75, 3.05) is 36.3 Å². The molecule has 0 spiro atoms. The number of aromatic nitrogens is 3. The smallest absolute Gasteiger partial charge is 0.323 e. The highest BCUT2D eigenvalue weighted by atomic mass is 32.2. The molecule has 19 heavy (non-hydrogen) atoms. The van der Waals surface area contributed by atoms with Crippen LogP contribution in [0.4, 0.5) is 11.9 Å². The summed E-state index contributed by atoms with van der Waals surface area (Å²) >= 11 is 1.80. The second-order valence-electron chi connectivity index (χ2n) is 4.07. The van der Waals surface area contributed by atoms with Gasteiger partial charge in [0, 0.05) is 18.8 Å². The maximum Gasteiger partial charge on any atom is 0.323 e. The zero-order valence-corrected chi connectivity index (χ0v) is 12.9. The van der Waals surface area contributed by atoms with Crippen molar-refractivity contribution >= 4 is 23.7 Å². The van der Waals surface area contributed by atoms with Crippen molar-refractivity contribution in [3.63, 3.8) is 0 Å². The second kappa shape index (κ2) is 8.79. The first-order valence-electron chi connectivity index (χ1n) is 6.55. The quantitative estimate of drug-likeness (QED) is 0.721. The Morgan fingerprint density at radius 2 is 1.95 bits per heavy atom. The van der Waals surface area contributed by atoms with Crippen molar-refractivity contribution in [1.29, 1.82) is 0 Å². The lowest BCUT2D eigenvalue weighted by Crippen LogP contribution is -2.23. The maximum absolute atomic E-state index is 5.47. The van der Waals surface area contributed by atoms with Gasteiger partial charge in [-0.1, -0.05) is 13.8 Å². The third-order valence-electron chi connectivity index (χ3n) is 2.47. The van der Waals surface area contributed by atoms with Crippen molar-refractivity contribution in [2.24, 2.45) is 0 Å². The van der Waals surface area contributed by atoms with Crippen LogP contribution < -0.4 is 15.4 Å².